The zero-order valence-electron chi connectivity index (χ0n) is 16.0. The summed E-state index contributed by atoms with van der Waals surface area (Å²) in [6.45, 7) is 1.97. The van der Waals surface area contributed by atoms with Crippen LogP contribution in [0.1, 0.15) is 18.5 Å². The normalized spacial score (nSPS) is 13.4. The van der Waals surface area contributed by atoms with Crippen molar-refractivity contribution in [2.24, 2.45) is 5.92 Å². The van der Waals surface area contributed by atoms with Gasteiger partial charge in [-0.15, -0.1) is 0 Å². The minimum absolute atomic E-state index is 0.00441. The number of aryl methyl sites for hydroxylation is 1. The van der Waals surface area contributed by atoms with Crippen molar-refractivity contribution in [2.75, 3.05) is 5.32 Å². The highest BCUT2D eigenvalue weighted by molar-refractivity contribution is 5.94. The van der Waals surface area contributed by atoms with Crippen molar-refractivity contribution in [2.45, 2.75) is 19.8 Å². The van der Waals surface area contributed by atoms with Gasteiger partial charge in [0.25, 0.3) is 0 Å². The molecule has 0 bridgehead atoms. The average molecular weight is 381 g/mol. The van der Waals surface area contributed by atoms with Crippen LogP contribution in [0.3, 0.4) is 0 Å². The second-order valence-corrected chi connectivity index (χ2v) is 7.28. The van der Waals surface area contributed by atoms with E-state index in [4.69, 9.17) is 4.98 Å². The van der Waals surface area contributed by atoms with E-state index in [1.165, 1.54) is 0 Å². The number of hydrogen-bond acceptors (Lipinski definition) is 5. The Balaban J connectivity index is 1.63. The molecule has 0 saturated heterocycles. The van der Waals surface area contributed by atoms with Crippen molar-refractivity contribution in [3.63, 3.8) is 0 Å². The first kappa shape index (κ1) is 17.4. The van der Waals surface area contributed by atoms with Gasteiger partial charge in [-0.1, -0.05) is 36.4 Å². The number of rotatable bonds is 4. The Bertz CT molecular complexity index is 1220. The molecule has 29 heavy (non-hydrogen) atoms. The highest BCUT2D eigenvalue weighted by atomic mass is 16.2. The first-order valence-electron chi connectivity index (χ1n) is 9.64. The first-order chi connectivity index (χ1) is 14.2. The molecular weight excluding hydrogens is 362 g/mol. The fourth-order valence-corrected chi connectivity index (χ4v) is 3.38. The molecule has 1 aliphatic carbocycles. The average Bonchev–Trinajstić information content (AvgIpc) is 3.60. The van der Waals surface area contributed by atoms with Crippen LogP contribution in [0.15, 0.2) is 61.1 Å². The Hall–Kier alpha value is -3.67. The van der Waals surface area contributed by atoms with Crippen molar-refractivity contribution in [3.05, 3.63) is 66.7 Å². The van der Waals surface area contributed by atoms with Gasteiger partial charge >= 0.3 is 0 Å². The molecule has 142 valence electrons. The van der Waals surface area contributed by atoms with Crippen LogP contribution < -0.4 is 5.32 Å². The molecule has 2 heterocycles. The van der Waals surface area contributed by atoms with Crippen molar-refractivity contribution in [1.29, 1.82) is 0 Å². The van der Waals surface area contributed by atoms with E-state index in [2.05, 4.69) is 26.3 Å². The molecule has 1 saturated carbocycles. The van der Waals surface area contributed by atoms with E-state index >= 15 is 0 Å². The van der Waals surface area contributed by atoms with Crippen LogP contribution in [-0.2, 0) is 4.79 Å². The summed E-state index contributed by atoms with van der Waals surface area (Å²) < 4.78 is 0. The number of nitrogens with one attached hydrogen (secondary N) is 1. The maximum absolute atomic E-state index is 12.2. The standard InChI is InChI=1S/C23H19N5O/c1-14-18-11-17(9-10-20(18)26-13-25-14)19-12-24-23(28-22(29)16-7-8-16)27-21(19)15-5-3-2-4-6-15/h2-6,9-13,16H,7-8H2,1H3,(H,24,27,28,29). The highest BCUT2D eigenvalue weighted by Gasteiger charge is 2.30. The quantitative estimate of drug-likeness (QED) is 0.566. The minimum atomic E-state index is -0.00441. The summed E-state index contributed by atoms with van der Waals surface area (Å²) in [5, 5.41) is 3.85. The van der Waals surface area contributed by atoms with Crippen molar-refractivity contribution in [1.82, 2.24) is 19.9 Å². The van der Waals surface area contributed by atoms with Crippen LogP contribution in [-0.4, -0.2) is 25.8 Å². The third-order valence-corrected chi connectivity index (χ3v) is 5.16. The molecule has 1 fully saturated rings. The molecule has 0 spiro atoms. The summed E-state index contributed by atoms with van der Waals surface area (Å²) in [6, 6.07) is 16.0. The monoisotopic (exact) mass is 381 g/mol. The van der Waals surface area contributed by atoms with Crippen molar-refractivity contribution >= 4 is 22.8 Å². The summed E-state index contributed by atoms with van der Waals surface area (Å²) in [5.74, 6) is 0.432. The van der Waals surface area contributed by atoms with Gasteiger partial charge in [0.05, 0.1) is 11.2 Å². The number of anilines is 1. The van der Waals surface area contributed by atoms with Crippen molar-refractivity contribution in [3.8, 4) is 22.4 Å². The van der Waals surface area contributed by atoms with Crippen LogP contribution in [0.5, 0.6) is 0 Å². The van der Waals surface area contributed by atoms with E-state index in [1.54, 1.807) is 12.5 Å². The number of carbonyl (C=O) groups is 1. The smallest absolute Gasteiger partial charge is 0.229 e. The molecule has 0 unspecified atom stereocenters. The predicted octanol–water partition coefficient (Wildman–Crippen LogP) is 4.41. The highest BCUT2D eigenvalue weighted by Crippen LogP contribution is 2.33. The van der Waals surface area contributed by atoms with Crippen LogP contribution in [0.2, 0.25) is 0 Å². The summed E-state index contributed by atoms with van der Waals surface area (Å²) in [6.07, 6.45) is 5.23. The summed E-state index contributed by atoms with van der Waals surface area (Å²) in [7, 11) is 0. The minimum Gasteiger partial charge on any atom is -0.294 e. The van der Waals surface area contributed by atoms with Gasteiger partial charge in [0.15, 0.2) is 0 Å². The van der Waals surface area contributed by atoms with Gasteiger partial charge in [-0.2, -0.15) is 0 Å². The lowest BCUT2D eigenvalue weighted by atomic mass is 9.99. The van der Waals surface area contributed by atoms with E-state index in [1.807, 2.05) is 49.4 Å². The Morgan fingerprint density at radius 1 is 1.00 bits per heavy atom. The van der Waals surface area contributed by atoms with E-state index in [0.29, 0.717) is 5.95 Å². The Morgan fingerprint density at radius 2 is 1.83 bits per heavy atom. The lowest BCUT2D eigenvalue weighted by Crippen LogP contribution is -2.15. The van der Waals surface area contributed by atoms with Crippen LogP contribution in [0.4, 0.5) is 5.95 Å². The zero-order chi connectivity index (χ0) is 19.8. The summed E-state index contributed by atoms with van der Waals surface area (Å²) in [5.41, 5.74) is 5.44. The topological polar surface area (TPSA) is 80.7 Å². The Kier molecular flexibility index (Phi) is 4.24. The molecule has 2 aromatic carbocycles. The SMILES string of the molecule is Cc1ncnc2ccc(-c3cnc(NC(=O)C4CC4)nc3-c3ccccc3)cc12. The molecule has 0 radical (unpaired) electrons. The van der Waals surface area contributed by atoms with E-state index in [-0.39, 0.29) is 11.8 Å². The maximum atomic E-state index is 12.2. The molecule has 1 N–H and O–H groups in total. The fraction of sp³-hybridized carbons (Fsp3) is 0.174. The second-order valence-electron chi connectivity index (χ2n) is 7.28. The maximum Gasteiger partial charge on any atom is 0.229 e. The molecule has 1 aliphatic rings. The molecule has 6 heteroatoms. The van der Waals surface area contributed by atoms with Gasteiger partial charge in [0, 0.05) is 34.3 Å². The van der Waals surface area contributed by atoms with Gasteiger partial charge in [0.2, 0.25) is 11.9 Å². The van der Waals surface area contributed by atoms with Crippen molar-refractivity contribution < 1.29 is 4.79 Å². The predicted molar refractivity (Wildman–Crippen MR) is 112 cm³/mol. The fourth-order valence-electron chi connectivity index (χ4n) is 3.38. The molecule has 1 amide bonds. The van der Waals surface area contributed by atoms with E-state index in [9.17, 15) is 4.79 Å². The molecule has 0 atom stereocenters. The zero-order valence-corrected chi connectivity index (χ0v) is 16.0. The lowest BCUT2D eigenvalue weighted by molar-refractivity contribution is -0.117. The van der Waals surface area contributed by atoms with E-state index in [0.717, 1.165) is 51.8 Å². The molecule has 5 rings (SSSR count). The number of benzene rings is 2. The lowest BCUT2D eigenvalue weighted by Gasteiger charge is -2.12. The van der Waals surface area contributed by atoms with Gasteiger partial charge in [0.1, 0.15) is 6.33 Å². The number of amides is 1. The van der Waals surface area contributed by atoms with Gasteiger partial charge in [-0.05, 0) is 37.5 Å². The number of nitrogens with zero attached hydrogens (tertiary/aromatic N) is 4. The van der Waals surface area contributed by atoms with Gasteiger partial charge in [-0.25, -0.2) is 19.9 Å². The first-order valence-corrected chi connectivity index (χ1v) is 9.64. The summed E-state index contributed by atoms with van der Waals surface area (Å²) in [4.78, 5) is 29.9. The van der Waals surface area contributed by atoms with E-state index < -0.39 is 0 Å². The molecule has 4 aromatic rings. The second kappa shape index (κ2) is 7.05. The van der Waals surface area contributed by atoms with Gasteiger partial charge < -0.3 is 0 Å². The van der Waals surface area contributed by atoms with Crippen LogP contribution >= 0.6 is 0 Å². The third kappa shape index (κ3) is 3.45. The number of aromatic nitrogens is 4. The van der Waals surface area contributed by atoms with Gasteiger partial charge in [-0.3, -0.25) is 10.1 Å². The largest absolute Gasteiger partial charge is 0.294 e. The Labute approximate surface area is 168 Å². The summed E-state index contributed by atoms with van der Waals surface area (Å²) >= 11 is 0. The molecule has 0 aliphatic heterocycles. The number of carbonyl (C=O) groups excluding carboxylic acids is 1. The number of fused-ring (bicyclic) bond motifs is 1. The van der Waals surface area contributed by atoms with Crippen LogP contribution in [0.25, 0.3) is 33.3 Å². The van der Waals surface area contributed by atoms with Crippen LogP contribution in [0, 0.1) is 12.8 Å². The third-order valence-electron chi connectivity index (χ3n) is 5.16. The molecular formula is C23H19N5O. The number of hydrogen-bond donors (Lipinski definition) is 1. The Morgan fingerprint density at radius 3 is 2.62 bits per heavy atom. The molecule has 2 aromatic heterocycles. The molecule has 6 nitrogen and oxygen atoms in total.